The topological polar surface area (TPSA) is 87.7 Å². The zero-order valence-corrected chi connectivity index (χ0v) is 29.1. The number of alkyl carbamates (subject to hydrolysis) is 1. The lowest BCUT2D eigenvalue weighted by Crippen LogP contribution is -2.53. The predicted octanol–water partition coefficient (Wildman–Crippen LogP) is 9.07. The van der Waals surface area contributed by atoms with E-state index in [2.05, 4.69) is 17.6 Å². The predicted molar refractivity (Wildman–Crippen MR) is 181 cm³/mol. The quantitative estimate of drug-likeness (QED) is 0.193. The monoisotopic (exact) mass is 627 g/mol. The van der Waals surface area contributed by atoms with Crippen LogP contribution in [-0.4, -0.2) is 41.0 Å². The number of carbonyl (C=O) groups is 3. The van der Waals surface area contributed by atoms with Gasteiger partial charge in [0.15, 0.2) is 0 Å². The number of halogens is 1. The van der Waals surface area contributed by atoms with Crippen molar-refractivity contribution in [2.75, 3.05) is 11.9 Å². The Hall–Kier alpha value is -3.06. The Morgan fingerprint density at radius 1 is 0.886 bits per heavy atom. The summed E-state index contributed by atoms with van der Waals surface area (Å²) in [6, 6.07) is 9.52. The van der Waals surface area contributed by atoms with Gasteiger partial charge in [-0.3, -0.25) is 9.59 Å². The summed E-state index contributed by atoms with van der Waals surface area (Å²) in [7, 11) is 0. The van der Waals surface area contributed by atoms with E-state index in [1.54, 1.807) is 31.7 Å². The molecule has 7 nitrogen and oxygen atoms in total. The number of benzene rings is 2. The first-order valence-corrected chi connectivity index (χ1v) is 16.5. The van der Waals surface area contributed by atoms with Gasteiger partial charge in [-0.05, 0) is 88.6 Å². The fraction of sp³-hybridized carbons (Fsp3) is 0.583. The molecule has 2 atom stereocenters. The molecule has 244 valence electrons. The van der Waals surface area contributed by atoms with E-state index >= 15 is 0 Å². The molecular weight excluding hydrogens is 574 g/mol. The molecule has 0 radical (unpaired) electrons. The van der Waals surface area contributed by atoms with Crippen LogP contribution in [0.25, 0.3) is 0 Å². The van der Waals surface area contributed by atoms with Crippen LogP contribution < -0.4 is 10.6 Å². The van der Waals surface area contributed by atoms with Gasteiger partial charge in [-0.2, -0.15) is 0 Å². The van der Waals surface area contributed by atoms with Crippen molar-refractivity contribution in [3.63, 3.8) is 0 Å². The normalized spacial score (nSPS) is 12.9. The van der Waals surface area contributed by atoms with E-state index in [1.807, 2.05) is 65.0 Å². The van der Waals surface area contributed by atoms with Crippen LogP contribution in [0.4, 0.5) is 10.5 Å². The van der Waals surface area contributed by atoms with Crippen LogP contribution in [0.1, 0.15) is 115 Å². The molecule has 2 aromatic rings. The molecule has 3 amide bonds. The lowest BCUT2D eigenvalue weighted by atomic mass is 9.92. The largest absolute Gasteiger partial charge is 0.444 e. The lowest BCUT2D eigenvalue weighted by molar-refractivity contribution is -0.141. The van der Waals surface area contributed by atoms with Gasteiger partial charge in [-0.15, -0.1) is 0 Å². The summed E-state index contributed by atoms with van der Waals surface area (Å²) in [6.45, 7) is 17.7. The molecule has 0 fully saturated rings. The van der Waals surface area contributed by atoms with Crippen LogP contribution >= 0.6 is 11.6 Å². The standard InChI is InChI=1S/C36H54ClN3O4/c1-10-11-12-13-14-15-22-40(34(42)29(23-24(2)3)38-35(43)44-36(7,8)9)32(30-25(4)18-16-19-26(30)5)33(41)39-31-27(6)20-17-21-28(31)37/h16-21,24,29,32H,10-15,22-23H2,1-9H3,(H,38,43)(H,39,41). The molecule has 2 unspecified atom stereocenters. The number of nitrogens with one attached hydrogen (secondary N) is 2. The third kappa shape index (κ3) is 11.5. The van der Waals surface area contributed by atoms with Crippen LogP contribution in [0.15, 0.2) is 36.4 Å². The van der Waals surface area contributed by atoms with Crippen molar-refractivity contribution < 1.29 is 19.1 Å². The molecule has 8 heteroatoms. The molecule has 0 spiro atoms. The Kier molecular flexibility index (Phi) is 14.7. The maximum absolute atomic E-state index is 14.6. The molecule has 0 aliphatic carbocycles. The Morgan fingerprint density at radius 3 is 2.02 bits per heavy atom. The highest BCUT2D eigenvalue weighted by molar-refractivity contribution is 6.34. The highest BCUT2D eigenvalue weighted by atomic mass is 35.5. The van der Waals surface area contributed by atoms with Crippen LogP contribution in [-0.2, 0) is 14.3 Å². The number of amides is 3. The molecule has 0 saturated carbocycles. The number of ether oxygens (including phenoxy) is 1. The van der Waals surface area contributed by atoms with Gasteiger partial charge in [0.05, 0.1) is 10.7 Å². The van der Waals surface area contributed by atoms with Gasteiger partial charge < -0.3 is 20.3 Å². The first kappa shape index (κ1) is 37.1. The van der Waals surface area contributed by atoms with Crippen molar-refractivity contribution >= 4 is 35.2 Å². The van der Waals surface area contributed by atoms with Gasteiger partial charge in [0, 0.05) is 6.54 Å². The van der Waals surface area contributed by atoms with E-state index < -0.39 is 23.8 Å². The van der Waals surface area contributed by atoms with Gasteiger partial charge in [-0.25, -0.2) is 4.79 Å². The second kappa shape index (κ2) is 17.4. The zero-order valence-electron chi connectivity index (χ0n) is 28.3. The Labute approximate surface area is 270 Å². The number of nitrogens with zero attached hydrogens (tertiary/aromatic N) is 1. The molecule has 2 N–H and O–H groups in total. The Bertz CT molecular complexity index is 1210. The average Bonchev–Trinajstić information content (AvgIpc) is 2.91. The van der Waals surface area contributed by atoms with Crippen molar-refractivity contribution in [3.8, 4) is 0 Å². The number of hydrogen-bond acceptors (Lipinski definition) is 4. The van der Waals surface area contributed by atoms with Crippen molar-refractivity contribution in [3.05, 3.63) is 63.7 Å². The summed E-state index contributed by atoms with van der Waals surface area (Å²) in [5.74, 6) is -0.552. The summed E-state index contributed by atoms with van der Waals surface area (Å²) < 4.78 is 5.54. The van der Waals surface area contributed by atoms with Crippen molar-refractivity contribution in [2.45, 2.75) is 125 Å². The van der Waals surface area contributed by atoms with Gasteiger partial charge in [-0.1, -0.05) is 94.8 Å². The molecule has 0 heterocycles. The lowest BCUT2D eigenvalue weighted by Gasteiger charge is -2.36. The van der Waals surface area contributed by atoms with E-state index in [1.165, 1.54) is 6.42 Å². The molecular formula is C36H54ClN3O4. The second-order valence-corrected chi connectivity index (χ2v) is 13.7. The highest BCUT2D eigenvalue weighted by Gasteiger charge is 2.38. The fourth-order valence-electron chi connectivity index (χ4n) is 5.44. The maximum Gasteiger partial charge on any atom is 0.408 e. The SMILES string of the molecule is CCCCCCCCN(C(=O)C(CC(C)C)NC(=O)OC(C)(C)C)C(C(=O)Nc1c(C)cccc1Cl)c1c(C)cccc1C. The van der Waals surface area contributed by atoms with E-state index in [0.717, 1.165) is 54.4 Å². The van der Waals surface area contributed by atoms with Crippen LogP contribution in [0.5, 0.6) is 0 Å². The van der Waals surface area contributed by atoms with Crippen molar-refractivity contribution in [1.82, 2.24) is 10.2 Å². The third-order valence-corrected chi connectivity index (χ3v) is 7.89. The second-order valence-electron chi connectivity index (χ2n) is 13.3. The first-order chi connectivity index (χ1) is 20.7. The van der Waals surface area contributed by atoms with Crippen LogP contribution in [0.3, 0.4) is 0 Å². The average molecular weight is 628 g/mol. The van der Waals surface area contributed by atoms with Gasteiger partial charge in [0.2, 0.25) is 5.91 Å². The molecule has 0 saturated heterocycles. The minimum Gasteiger partial charge on any atom is -0.444 e. The number of rotatable bonds is 15. The number of anilines is 1. The fourth-order valence-corrected chi connectivity index (χ4v) is 5.71. The molecule has 44 heavy (non-hydrogen) atoms. The van der Waals surface area contributed by atoms with Crippen molar-refractivity contribution in [2.24, 2.45) is 5.92 Å². The Morgan fingerprint density at radius 2 is 1.45 bits per heavy atom. The molecule has 0 aromatic heterocycles. The van der Waals surface area contributed by atoms with E-state index in [4.69, 9.17) is 16.3 Å². The van der Waals surface area contributed by atoms with Gasteiger partial charge >= 0.3 is 6.09 Å². The highest BCUT2D eigenvalue weighted by Crippen LogP contribution is 2.33. The molecule has 0 aliphatic heterocycles. The van der Waals surface area contributed by atoms with Gasteiger partial charge in [0.1, 0.15) is 17.7 Å². The number of aryl methyl sites for hydroxylation is 3. The van der Waals surface area contributed by atoms with Crippen LogP contribution in [0, 0.1) is 26.7 Å². The Balaban J connectivity index is 2.63. The molecule has 0 aliphatic rings. The summed E-state index contributed by atoms with van der Waals surface area (Å²) in [4.78, 5) is 43.7. The minimum atomic E-state index is -0.940. The van der Waals surface area contributed by atoms with Gasteiger partial charge in [0.25, 0.3) is 5.91 Å². The third-order valence-electron chi connectivity index (χ3n) is 7.58. The van der Waals surface area contributed by atoms with E-state index in [0.29, 0.717) is 23.7 Å². The number of carbonyl (C=O) groups excluding carboxylic acids is 3. The summed E-state index contributed by atoms with van der Waals surface area (Å²) in [5.41, 5.74) is 3.21. The smallest absolute Gasteiger partial charge is 0.408 e. The summed E-state index contributed by atoms with van der Waals surface area (Å²) in [5, 5.41) is 6.33. The molecule has 2 aromatic carbocycles. The van der Waals surface area contributed by atoms with Crippen LogP contribution in [0.2, 0.25) is 5.02 Å². The number of para-hydroxylation sites is 1. The summed E-state index contributed by atoms with van der Waals surface area (Å²) >= 11 is 6.53. The van der Waals surface area contributed by atoms with E-state index in [9.17, 15) is 14.4 Å². The number of hydrogen-bond donors (Lipinski definition) is 2. The summed E-state index contributed by atoms with van der Waals surface area (Å²) in [6.07, 6.45) is 5.91. The molecule has 2 rings (SSSR count). The zero-order chi connectivity index (χ0) is 33.0. The maximum atomic E-state index is 14.6. The van der Waals surface area contributed by atoms with Crippen molar-refractivity contribution in [1.29, 1.82) is 0 Å². The van der Waals surface area contributed by atoms with E-state index in [-0.39, 0.29) is 17.7 Å². The first-order valence-electron chi connectivity index (χ1n) is 16.1. The number of unbranched alkanes of at least 4 members (excludes halogenated alkanes) is 5. The minimum absolute atomic E-state index is 0.105. The molecule has 0 bridgehead atoms.